The van der Waals surface area contributed by atoms with Gasteiger partial charge in [-0.05, 0) is 42.0 Å². The van der Waals surface area contributed by atoms with E-state index in [2.05, 4.69) is 10.1 Å². The zero-order valence-electron chi connectivity index (χ0n) is 16.2. The Morgan fingerprint density at radius 1 is 1.13 bits per heavy atom. The second-order valence-corrected chi connectivity index (χ2v) is 9.69. The smallest absolute Gasteiger partial charge is 0.310 e. The van der Waals surface area contributed by atoms with E-state index in [-0.39, 0.29) is 23.7 Å². The van der Waals surface area contributed by atoms with Crippen LogP contribution in [0.4, 0.5) is 0 Å². The number of benzene rings is 1. The molecule has 1 fully saturated rings. The van der Waals surface area contributed by atoms with Crippen molar-refractivity contribution in [3.8, 4) is 11.5 Å². The summed E-state index contributed by atoms with van der Waals surface area (Å²) in [5.41, 5.74) is 1.49. The second kappa shape index (κ2) is 9.07. The maximum Gasteiger partial charge on any atom is 0.310 e. The minimum atomic E-state index is -3.48. The number of ether oxygens (including phenoxy) is 1. The standard InChI is InChI=1S/C20H21N3O5S2/c24-19(27-13-18-21-20(28-22-18)16-8-11-29-14-16)12-15-4-6-17(7-5-15)30(25,26)23-9-2-1-3-10-23/h4-8,11,14H,1-3,9-10,12-13H2. The molecule has 0 unspecified atom stereocenters. The highest BCUT2D eigenvalue weighted by Gasteiger charge is 2.25. The molecule has 158 valence electrons. The first-order valence-corrected chi connectivity index (χ1v) is 12.0. The Morgan fingerprint density at radius 3 is 2.60 bits per heavy atom. The molecule has 1 aliphatic heterocycles. The summed E-state index contributed by atoms with van der Waals surface area (Å²) in [6.07, 6.45) is 2.86. The third kappa shape index (κ3) is 4.77. The van der Waals surface area contributed by atoms with E-state index < -0.39 is 16.0 Å². The third-order valence-electron chi connectivity index (χ3n) is 4.82. The highest BCUT2D eigenvalue weighted by molar-refractivity contribution is 7.89. The second-order valence-electron chi connectivity index (χ2n) is 6.97. The Bertz CT molecular complexity index is 1090. The molecule has 0 radical (unpaired) electrons. The summed E-state index contributed by atoms with van der Waals surface area (Å²) in [6, 6.07) is 8.23. The molecule has 3 heterocycles. The average Bonchev–Trinajstić information content (AvgIpc) is 3.45. The van der Waals surface area contributed by atoms with Crippen molar-refractivity contribution >= 4 is 27.3 Å². The molecular weight excluding hydrogens is 426 g/mol. The Balaban J connectivity index is 1.31. The van der Waals surface area contributed by atoms with Crippen LogP contribution in [-0.2, 0) is 32.6 Å². The van der Waals surface area contributed by atoms with Crippen molar-refractivity contribution < 1.29 is 22.5 Å². The molecule has 30 heavy (non-hydrogen) atoms. The maximum atomic E-state index is 12.7. The SMILES string of the molecule is O=C(Cc1ccc(S(=O)(=O)N2CCCCC2)cc1)OCc1noc(-c2ccsc2)n1. The fraction of sp³-hybridized carbons (Fsp3) is 0.350. The van der Waals surface area contributed by atoms with Crippen LogP contribution in [0.25, 0.3) is 11.5 Å². The number of esters is 1. The molecule has 4 rings (SSSR count). The van der Waals surface area contributed by atoms with Crippen LogP contribution < -0.4 is 0 Å². The first-order chi connectivity index (χ1) is 14.5. The van der Waals surface area contributed by atoms with Gasteiger partial charge in [0.25, 0.3) is 5.89 Å². The summed E-state index contributed by atoms with van der Waals surface area (Å²) in [5.74, 6) is 0.212. The van der Waals surface area contributed by atoms with E-state index in [4.69, 9.17) is 9.26 Å². The third-order valence-corrected chi connectivity index (χ3v) is 7.42. The van der Waals surface area contributed by atoms with Crippen molar-refractivity contribution in [3.63, 3.8) is 0 Å². The summed E-state index contributed by atoms with van der Waals surface area (Å²) in [5, 5.41) is 7.60. The highest BCUT2D eigenvalue weighted by atomic mass is 32.2. The monoisotopic (exact) mass is 447 g/mol. The largest absolute Gasteiger partial charge is 0.457 e. The van der Waals surface area contributed by atoms with Crippen molar-refractivity contribution in [3.05, 3.63) is 52.5 Å². The van der Waals surface area contributed by atoms with Crippen LogP contribution in [0.2, 0.25) is 0 Å². The van der Waals surface area contributed by atoms with Gasteiger partial charge in [-0.1, -0.05) is 23.7 Å². The topological polar surface area (TPSA) is 103 Å². The van der Waals surface area contributed by atoms with Crippen molar-refractivity contribution in [1.29, 1.82) is 0 Å². The number of aromatic nitrogens is 2. The van der Waals surface area contributed by atoms with Crippen molar-refractivity contribution in [2.24, 2.45) is 0 Å². The minimum Gasteiger partial charge on any atom is -0.457 e. The van der Waals surface area contributed by atoms with E-state index in [9.17, 15) is 13.2 Å². The fourth-order valence-electron chi connectivity index (χ4n) is 3.21. The molecule has 0 atom stereocenters. The lowest BCUT2D eigenvalue weighted by Crippen LogP contribution is -2.35. The molecule has 0 saturated carbocycles. The van der Waals surface area contributed by atoms with Crippen LogP contribution in [0, 0.1) is 0 Å². The molecule has 3 aromatic rings. The summed E-state index contributed by atoms with van der Waals surface area (Å²) < 4.78 is 37.2. The number of rotatable bonds is 7. The van der Waals surface area contributed by atoms with Gasteiger partial charge in [0.05, 0.1) is 16.9 Å². The Hall–Kier alpha value is -2.56. The van der Waals surface area contributed by atoms with E-state index in [0.717, 1.165) is 24.8 Å². The van der Waals surface area contributed by atoms with Crippen LogP contribution >= 0.6 is 11.3 Å². The molecular formula is C20H21N3O5S2. The van der Waals surface area contributed by atoms with Gasteiger partial charge < -0.3 is 9.26 Å². The number of nitrogens with zero attached hydrogens (tertiary/aromatic N) is 3. The first kappa shape index (κ1) is 20.7. The maximum absolute atomic E-state index is 12.7. The Kier molecular flexibility index (Phi) is 6.26. The lowest BCUT2D eigenvalue weighted by atomic mass is 10.1. The van der Waals surface area contributed by atoms with Crippen molar-refractivity contribution in [1.82, 2.24) is 14.4 Å². The van der Waals surface area contributed by atoms with Crippen LogP contribution in [0.3, 0.4) is 0 Å². The van der Waals surface area contributed by atoms with Crippen LogP contribution in [0.5, 0.6) is 0 Å². The number of thiophene rings is 1. The van der Waals surface area contributed by atoms with Gasteiger partial charge in [0.15, 0.2) is 6.61 Å². The van der Waals surface area contributed by atoms with Gasteiger partial charge in [0.1, 0.15) is 0 Å². The minimum absolute atomic E-state index is 0.0271. The molecule has 1 saturated heterocycles. The lowest BCUT2D eigenvalue weighted by Gasteiger charge is -2.25. The predicted molar refractivity (Wildman–Crippen MR) is 110 cm³/mol. The summed E-state index contributed by atoms with van der Waals surface area (Å²) in [4.78, 5) is 16.6. The molecule has 1 aliphatic rings. The number of carbonyl (C=O) groups is 1. The number of hydrogen-bond donors (Lipinski definition) is 0. The average molecular weight is 448 g/mol. The molecule has 0 amide bonds. The molecule has 1 aromatic carbocycles. The Morgan fingerprint density at radius 2 is 1.90 bits per heavy atom. The number of sulfonamides is 1. The van der Waals surface area contributed by atoms with Crippen LogP contribution in [0.15, 0.2) is 50.5 Å². The van der Waals surface area contributed by atoms with Gasteiger partial charge in [0.2, 0.25) is 15.8 Å². The van der Waals surface area contributed by atoms with Crippen LogP contribution in [0.1, 0.15) is 30.7 Å². The normalized spacial score (nSPS) is 15.2. The van der Waals surface area contributed by atoms with Gasteiger partial charge in [-0.3, -0.25) is 4.79 Å². The molecule has 0 bridgehead atoms. The zero-order valence-corrected chi connectivity index (χ0v) is 17.8. The molecule has 0 spiro atoms. The van der Waals surface area contributed by atoms with Gasteiger partial charge in [-0.2, -0.15) is 20.6 Å². The van der Waals surface area contributed by atoms with E-state index in [0.29, 0.717) is 24.5 Å². The van der Waals surface area contributed by atoms with Gasteiger partial charge in [-0.25, -0.2) is 8.42 Å². The number of piperidine rings is 1. The fourth-order valence-corrected chi connectivity index (χ4v) is 5.36. The highest BCUT2D eigenvalue weighted by Crippen LogP contribution is 2.22. The molecule has 2 aromatic heterocycles. The van der Waals surface area contributed by atoms with Gasteiger partial charge in [-0.15, -0.1) is 0 Å². The van der Waals surface area contributed by atoms with Crippen molar-refractivity contribution in [2.75, 3.05) is 13.1 Å². The molecule has 8 nitrogen and oxygen atoms in total. The molecule has 10 heteroatoms. The number of carbonyl (C=O) groups excluding carboxylic acids is 1. The van der Waals surface area contributed by atoms with E-state index in [1.807, 2.05) is 16.8 Å². The zero-order chi connectivity index (χ0) is 21.0. The van der Waals surface area contributed by atoms with Gasteiger partial charge in [0, 0.05) is 18.5 Å². The van der Waals surface area contributed by atoms with E-state index >= 15 is 0 Å². The first-order valence-electron chi connectivity index (χ1n) is 9.62. The Labute approximate surface area is 178 Å². The molecule has 0 aliphatic carbocycles. The summed E-state index contributed by atoms with van der Waals surface area (Å²) in [6.45, 7) is 1.02. The van der Waals surface area contributed by atoms with Gasteiger partial charge >= 0.3 is 5.97 Å². The number of hydrogen-bond acceptors (Lipinski definition) is 8. The predicted octanol–water partition coefficient (Wildman–Crippen LogP) is 3.26. The van der Waals surface area contributed by atoms with Crippen molar-refractivity contribution in [2.45, 2.75) is 37.2 Å². The molecule has 0 N–H and O–H groups in total. The van der Waals surface area contributed by atoms with E-state index in [1.54, 1.807) is 24.3 Å². The summed E-state index contributed by atoms with van der Waals surface area (Å²) in [7, 11) is -3.48. The van der Waals surface area contributed by atoms with E-state index in [1.165, 1.54) is 15.6 Å². The lowest BCUT2D eigenvalue weighted by molar-refractivity contribution is -0.144. The quantitative estimate of drug-likeness (QED) is 0.512. The summed E-state index contributed by atoms with van der Waals surface area (Å²) >= 11 is 1.52. The van der Waals surface area contributed by atoms with Crippen LogP contribution in [-0.4, -0.2) is 41.9 Å².